The zero-order valence-electron chi connectivity index (χ0n) is 39.3. The third kappa shape index (κ3) is 10.8. The van der Waals surface area contributed by atoms with Crippen LogP contribution in [0.25, 0.3) is 22.5 Å². The van der Waals surface area contributed by atoms with Gasteiger partial charge in [0.2, 0.25) is 18.0 Å². The van der Waals surface area contributed by atoms with Crippen molar-refractivity contribution in [2.75, 3.05) is 27.3 Å². The van der Waals surface area contributed by atoms with Gasteiger partial charge in [0.25, 0.3) is 0 Å². The van der Waals surface area contributed by atoms with E-state index in [1.54, 1.807) is 22.2 Å². The molecule has 0 radical (unpaired) electrons. The zero-order valence-corrected chi connectivity index (χ0v) is 40.0. The summed E-state index contributed by atoms with van der Waals surface area (Å²) in [5, 5.41) is 5.98. The number of ether oxygens (including phenoxy) is 3. The maximum atomic E-state index is 13.9. The number of methoxy groups -OCH3 is 2. The molecule has 1 saturated heterocycles. The van der Waals surface area contributed by atoms with Crippen LogP contribution in [-0.2, 0) is 25.5 Å². The van der Waals surface area contributed by atoms with E-state index in [0.717, 1.165) is 57.8 Å². The van der Waals surface area contributed by atoms with Crippen molar-refractivity contribution in [3.63, 3.8) is 0 Å². The highest BCUT2D eigenvalue weighted by molar-refractivity contribution is 6.31. The summed E-state index contributed by atoms with van der Waals surface area (Å²) < 4.78 is 16.2. The maximum absolute atomic E-state index is 13.9. The molecule has 354 valence electrons. The van der Waals surface area contributed by atoms with Crippen LogP contribution in [0.15, 0.2) is 84.1 Å². The number of fused-ring (bicyclic) bond motifs is 1. The highest BCUT2D eigenvalue weighted by atomic mass is 35.5. The van der Waals surface area contributed by atoms with E-state index in [4.69, 9.17) is 40.8 Å². The van der Waals surface area contributed by atoms with Gasteiger partial charge in [-0.25, -0.2) is 24.5 Å². The van der Waals surface area contributed by atoms with Gasteiger partial charge in [0.05, 0.1) is 55.8 Å². The van der Waals surface area contributed by atoms with E-state index in [0.29, 0.717) is 48.4 Å². The average molecular weight is 935 g/mol. The molecule has 5 aromatic rings. The van der Waals surface area contributed by atoms with Gasteiger partial charge in [-0.05, 0) is 73.4 Å². The van der Waals surface area contributed by atoms with Crippen molar-refractivity contribution < 1.29 is 33.4 Å². The second-order valence-corrected chi connectivity index (χ2v) is 18.0. The van der Waals surface area contributed by atoms with Crippen LogP contribution < -0.4 is 15.4 Å². The van der Waals surface area contributed by atoms with Crippen LogP contribution in [0.2, 0.25) is 5.02 Å². The molecule has 0 spiro atoms. The monoisotopic (exact) mass is 933 g/mol. The molecule has 67 heavy (non-hydrogen) atoms. The van der Waals surface area contributed by atoms with Gasteiger partial charge in [0, 0.05) is 41.2 Å². The molecule has 2 aromatic heterocycles. The molecule has 1 fully saturated rings. The van der Waals surface area contributed by atoms with Crippen molar-refractivity contribution >= 4 is 41.3 Å². The standard InChI is InChI=1S/C50H60ClN9O7/c1-9-21-59(47(61)42(28(2)3)57-49(63)65-7)30(6)44-52-26-39(54-44)33-17-19-35-37(56-46(67-41(35)25-33)31-14-11-10-12-15-31)24-34-23-32(18-20-36(34)51)38-27-53-45(55-38)40-16-13-22-60(40)48(62)43(29(4)5)58-50(64)66-8/h10-12,14-15,17-20,23,25-30,40,42-43,46H,9,13,16,21-22,24H2,1-8H3,(H,52,54)(H,53,55)(H,57,63)(H,58,64)/t30-,40-,42-,43-,46?/m0/s1. The molecule has 1 unspecified atom stereocenters. The van der Waals surface area contributed by atoms with Crippen LogP contribution in [0.3, 0.4) is 0 Å². The number of nitrogens with zero attached hydrogens (tertiary/aromatic N) is 5. The van der Waals surface area contributed by atoms with Crippen molar-refractivity contribution in [2.45, 2.75) is 97.6 Å². The van der Waals surface area contributed by atoms with E-state index in [1.165, 1.54) is 14.2 Å². The number of nitrogens with one attached hydrogen (secondary N) is 4. The summed E-state index contributed by atoms with van der Waals surface area (Å²) in [6.07, 6.45) is 4.24. The Kier molecular flexibility index (Phi) is 15.3. The van der Waals surface area contributed by atoms with Crippen LogP contribution in [-0.4, -0.2) is 98.8 Å². The van der Waals surface area contributed by atoms with Crippen molar-refractivity contribution in [3.05, 3.63) is 112 Å². The van der Waals surface area contributed by atoms with E-state index < -0.39 is 36.5 Å². The number of rotatable bonds is 16. The first-order valence-electron chi connectivity index (χ1n) is 22.8. The molecule has 0 saturated carbocycles. The summed E-state index contributed by atoms with van der Waals surface area (Å²) in [5.41, 5.74) is 6.56. The van der Waals surface area contributed by atoms with Gasteiger partial charge in [-0.15, -0.1) is 0 Å². The molecule has 16 nitrogen and oxygen atoms in total. The summed E-state index contributed by atoms with van der Waals surface area (Å²) in [6.45, 7) is 12.5. The summed E-state index contributed by atoms with van der Waals surface area (Å²) in [5.74, 6) is 1.20. The highest BCUT2D eigenvalue weighted by Gasteiger charge is 2.38. The SMILES string of the molecule is CCCN(C(=O)[C@@H](NC(=O)OC)C(C)C)[C@@H](C)c1ncc(-c2ccc3c(c2)OC(c2ccccc2)N=C3Cc2cc(-c3cnc([C@@H]4CCCN4C(=O)[C@@H](NC(=O)OC)C(C)C)[nH]3)ccc2Cl)[nH]1. The number of imidazole rings is 2. The quantitative estimate of drug-likeness (QED) is 0.0747. The number of aliphatic imine (C=N–C) groups is 1. The van der Waals surface area contributed by atoms with Crippen molar-refractivity contribution in [2.24, 2.45) is 16.8 Å². The normalized spacial score (nSPS) is 16.9. The van der Waals surface area contributed by atoms with Crippen LogP contribution in [0.4, 0.5) is 9.59 Å². The third-order valence-electron chi connectivity index (χ3n) is 12.4. The maximum Gasteiger partial charge on any atom is 0.407 e. The number of amides is 4. The second-order valence-electron chi connectivity index (χ2n) is 17.6. The minimum absolute atomic E-state index is 0.145. The van der Waals surface area contributed by atoms with Gasteiger partial charge >= 0.3 is 12.2 Å². The fourth-order valence-electron chi connectivity index (χ4n) is 8.65. The molecule has 4 amide bonds. The zero-order chi connectivity index (χ0) is 47.9. The molecule has 0 bridgehead atoms. The van der Waals surface area contributed by atoms with Crippen molar-refractivity contribution in [1.29, 1.82) is 0 Å². The number of alkyl carbamates (subject to hydrolysis) is 2. The van der Waals surface area contributed by atoms with Crippen LogP contribution in [0, 0.1) is 11.8 Å². The van der Waals surface area contributed by atoms with E-state index in [9.17, 15) is 19.2 Å². The lowest BCUT2D eigenvalue weighted by Crippen LogP contribution is -2.52. The number of H-pyrrole nitrogens is 2. The molecular formula is C50H60ClN9O7. The summed E-state index contributed by atoms with van der Waals surface area (Å²) in [7, 11) is 2.56. The van der Waals surface area contributed by atoms with Gasteiger partial charge in [-0.2, -0.15) is 0 Å². The number of carbonyl (C=O) groups excluding carboxylic acids is 4. The molecule has 4 heterocycles. The first-order chi connectivity index (χ1) is 32.2. The topological polar surface area (TPSA) is 196 Å². The summed E-state index contributed by atoms with van der Waals surface area (Å²) >= 11 is 6.95. The van der Waals surface area contributed by atoms with Gasteiger partial charge in [0.1, 0.15) is 29.5 Å². The molecule has 4 N–H and O–H groups in total. The molecule has 17 heteroatoms. The second kappa shape index (κ2) is 21.3. The Morgan fingerprint density at radius 3 is 2.21 bits per heavy atom. The highest BCUT2D eigenvalue weighted by Crippen LogP contribution is 2.38. The minimum Gasteiger partial charge on any atom is -0.464 e. The predicted octanol–water partition coefficient (Wildman–Crippen LogP) is 8.97. The average Bonchev–Trinajstić information content (AvgIpc) is 4.14. The molecule has 0 aliphatic carbocycles. The molecule has 2 aliphatic rings. The Bertz CT molecular complexity index is 2590. The van der Waals surface area contributed by atoms with E-state index >= 15 is 0 Å². The number of hydrogen-bond acceptors (Lipinski definition) is 10. The van der Waals surface area contributed by atoms with E-state index in [2.05, 4.69) is 20.6 Å². The van der Waals surface area contributed by atoms with Gasteiger partial charge in [-0.3, -0.25) is 9.59 Å². The largest absolute Gasteiger partial charge is 0.464 e. The lowest BCUT2D eigenvalue weighted by atomic mass is 9.96. The number of aromatic amines is 2. The van der Waals surface area contributed by atoms with Crippen molar-refractivity contribution in [1.82, 2.24) is 40.4 Å². The van der Waals surface area contributed by atoms with Crippen LogP contribution in [0.5, 0.6) is 5.75 Å². The van der Waals surface area contributed by atoms with Gasteiger partial charge in [0.15, 0.2) is 0 Å². The first-order valence-corrected chi connectivity index (χ1v) is 23.2. The molecular weight excluding hydrogens is 874 g/mol. The van der Waals surface area contributed by atoms with Gasteiger partial charge in [-0.1, -0.05) is 88.7 Å². The first kappa shape index (κ1) is 48.3. The molecule has 3 aromatic carbocycles. The predicted molar refractivity (Wildman–Crippen MR) is 256 cm³/mol. The summed E-state index contributed by atoms with van der Waals surface area (Å²) in [4.78, 5) is 77.0. The lowest BCUT2D eigenvalue weighted by Gasteiger charge is -2.33. The fraction of sp³-hybridized carbons (Fsp3) is 0.420. The van der Waals surface area contributed by atoms with E-state index in [-0.39, 0.29) is 29.7 Å². The number of aromatic nitrogens is 4. The number of halogens is 1. The Morgan fingerprint density at radius 2 is 1.52 bits per heavy atom. The minimum atomic E-state index is -0.771. The summed E-state index contributed by atoms with van der Waals surface area (Å²) in [6, 6.07) is 19.4. The Balaban J connectivity index is 1.14. The molecule has 7 rings (SSSR count). The van der Waals surface area contributed by atoms with Gasteiger partial charge < -0.3 is 44.6 Å². The lowest BCUT2D eigenvalue weighted by molar-refractivity contribution is -0.137. The number of benzene rings is 3. The molecule has 5 atom stereocenters. The van der Waals surface area contributed by atoms with Crippen molar-refractivity contribution in [3.8, 4) is 28.3 Å². The number of carbonyl (C=O) groups is 4. The number of hydrogen-bond donors (Lipinski definition) is 4. The van der Waals surface area contributed by atoms with E-state index in [1.807, 2.05) is 108 Å². The Morgan fingerprint density at radius 1 is 0.866 bits per heavy atom. The Hall–Kier alpha value is -6.68. The Labute approximate surface area is 396 Å². The fourth-order valence-corrected chi connectivity index (χ4v) is 8.83. The smallest absolute Gasteiger partial charge is 0.407 e. The van der Waals surface area contributed by atoms with Crippen LogP contribution in [0.1, 0.15) is 107 Å². The third-order valence-corrected chi connectivity index (χ3v) is 12.7. The molecule has 2 aliphatic heterocycles. The number of likely N-dealkylation sites (tertiary alicyclic amines) is 1. The van der Waals surface area contributed by atoms with Crippen LogP contribution >= 0.6 is 11.6 Å².